The van der Waals surface area contributed by atoms with Gasteiger partial charge in [0, 0.05) is 43.5 Å². The standard InChI is InChI=1S/C47H50ClN3O8/c1-30(52)19-39(54)27-50-17-18-57-40-15-13-35(14-16-40)41-10-6-12-43(32(41)3)42-11-5-8-37(31(42)2)29-59-46-23-45(58-28-34-20-33(24-49)25-51-26-34)36(21-44(46)48)7-4-9-38(53)22-47(55)56/h5-6,8,10-16,20-21,23,25-26,38-39,50,53-54H,4,7,9,17-19,22,27-29H2,1-3H3,(H,55,56)/t38-,39+/m1/s1. The summed E-state index contributed by atoms with van der Waals surface area (Å²) < 4.78 is 18.5. The minimum atomic E-state index is -1.05. The number of hydrogen-bond donors (Lipinski definition) is 4. The third kappa shape index (κ3) is 13.1. The van der Waals surface area contributed by atoms with Crippen LogP contribution in [0.4, 0.5) is 0 Å². The average molecular weight is 820 g/mol. The van der Waals surface area contributed by atoms with Crippen LogP contribution in [-0.2, 0) is 29.2 Å². The maximum Gasteiger partial charge on any atom is 0.305 e. The topological polar surface area (TPSA) is 171 Å². The molecular weight excluding hydrogens is 770 g/mol. The Kier molecular flexibility index (Phi) is 16.4. The number of nitrogens with one attached hydrogen (secondary N) is 1. The van der Waals surface area contributed by atoms with Gasteiger partial charge in [-0.05, 0) is 109 Å². The van der Waals surface area contributed by atoms with Gasteiger partial charge in [-0.25, -0.2) is 0 Å². The first-order chi connectivity index (χ1) is 28.4. The highest BCUT2D eigenvalue weighted by Crippen LogP contribution is 2.37. The molecule has 0 amide bonds. The quantitative estimate of drug-likeness (QED) is 0.0497. The van der Waals surface area contributed by atoms with Gasteiger partial charge in [0.05, 0.1) is 29.2 Å². The number of benzene rings is 4. The van der Waals surface area contributed by atoms with E-state index in [0.29, 0.717) is 66.6 Å². The number of ether oxygens (including phenoxy) is 3. The van der Waals surface area contributed by atoms with E-state index in [2.05, 4.69) is 54.5 Å². The summed E-state index contributed by atoms with van der Waals surface area (Å²) in [6, 6.07) is 27.7. The van der Waals surface area contributed by atoms with Crippen molar-refractivity contribution in [2.45, 2.75) is 78.3 Å². The second-order valence-corrected chi connectivity index (χ2v) is 14.9. The molecule has 0 saturated heterocycles. The molecule has 4 N–H and O–H groups in total. The predicted octanol–water partition coefficient (Wildman–Crippen LogP) is 8.18. The van der Waals surface area contributed by atoms with Crippen LogP contribution in [0.3, 0.4) is 0 Å². The van der Waals surface area contributed by atoms with E-state index in [0.717, 1.165) is 50.3 Å². The van der Waals surface area contributed by atoms with E-state index < -0.39 is 18.2 Å². The van der Waals surface area contributed by atoms with Crippen molar-refractivity contribution in [1.29, 1.82) is 5.26 Å². The molecule has 5 aromatic rings. The second-order valence-electron chi connectivity index (χ2n) is 14.5. The van der Waals surface area contributed by atoms with E-state index in [1.54, 1.807) is 24.4 Å². The summed E-state index contributed by atoms with van der Waals surface area (Å²) in [5, 5.41) is 41.8. The first-order valence-electron chi connectivity index (χ1n) is 19.5. The number of rotatable bonds is 22. The van der Waals surface area contributed by atoms with Crippen molar-refractivity contribution in [3.8, 4) is 45.6 Å². The van der Waals surface area contributed by atoms with Crippen LogP contribution in [0.2, 0.25) is 5.02 Å². The summed E-state index contributed by atoms with van der Waals surface area (Å²) in [5.41, 5.74) is 9.41. The van der Waals surface area contributed by atoms with Crippen LogP contribution >= 0.6 is 11.6 Å². The van der Waals surface area contributed by atoms with Gasteiger partial charge in [-0.2, -0.15) is 5.26 Å². The fraction of sp³-hybridized carbons (Fsp3) is 0.319. The predicted molar refractivity (Wildman–Crippen MR) is 227 cm³/mol. The zero-order valence-corrected chi connectivity index (χ0v) is 34.3. The van der Waals surface area contributed by atoms with Crippen molar-refractivity contribution in [3.05, 3.63) is 130 Å². The van der Waals surface area contributed by atoms with E-state index >= 15 is 0 Å². The molecule has 0 aliphatic heterocycles. The van der Waals surface area contributed by atoms with E-state index in [1.165, 1.54) is 13.1 Å². The average Bonchev–Trinajstić information content (AvgIpc) is 3.20. The number of carboxylic acid groups (broad SMARTS) is 1. The summed E-state index contributed by atoms with van der Waals surface area (Å²) >= 11 is 6.79. The van der Waals surface area contributed by atoms with Crippen LogP contribution in [0.5, 0.6) is 17.2 Å². The van der Waals surface area contributed by atoms with Gasteiger partial charge in [0.15, 0.2) is 0 Å². The molecule has 59 heavy (non-hydrogen) atoms. The number of nitrogens with zero attached hydrogens (tertiary/aromatic N) is 2. The van der Waals surface area contributed by atoms with Crippen LogP contribution < -0.4 is 19.5 Å². The lowest BCUT2D eigenvalue weighted by atomic mass is 9.89. The number of nitriles is 1. The molecule has 308 valence electrons. The fourth-order valence-electron chi connectivity index (χ4n) is 6.81. The number of aliphatic carboxylic acids is 1. The van der Waals surface area contributed by atoms with Crippen molar-refractivity contribution in [2.75, 3.05) is 19.7 Å². The summed E-state index contributed by atoms with van der Waals surface area (Å²) in [4.78, 5) is 26.3. The Hall–Kier alpha value is -5.77. The maximum absolute atomic E-state index is 11.2. The zero-order valence-electron chi connectivity index (χ0n) is 33.5. The SMILES string of the molecule is CC(=O)C[C@H](O)CNCCOc1ccc(-c2cccc(-c3cccc(COc4cc(OCc5cncc(C#N)c5)c(CCC[C@@H](O)CC(=O)O)cc4Cl)c3C)c2C)cc1. The van der Waals surface area contributed by atoms with Crippen molar-refractivity contribution in [3.63, 3.8) is 0 Å². The van der Waals surface area contributed by atoms with Crippen LogP contribution in [0.15, 0.2) is 91.3 Å². The van der Waals surface area contributed by atoms with Crippen LogP contribution in [0.25, 0.3) is 22.3 Å². The number of carboxylic acids is 1. The first kappa shape index (κ1) is 44.3. The van der Waals surface area contributed by atoms with Gasteiger partial charge in [0.25, 0.3) is 0 Å². The van der Waals surface area contributed by atoms with Gasteiger partial charge in [-0.3, -0.25) is 14.6 Å². The molecular formula is C47H50ClN3O8. The Labute approximate surface area is 350 Å². The van der Waals surface area contributed by atoms with Crippen molar-refractivity contribution >= 4 is 23.4 Å². The number of pyridine rings is 1. The van der Waals surface area contributed by atoms with Gasteiger partial charge in [-0.1, -0.05) is 60.1 Å². The molecule has 0 saturated carbocycles. The molecule has 12 heteroatoms. The number of halogens is 1. The summed E-state index contributed by atoms with van der Waals surface area (Å²) in [5.74, 6) is 0.586. The lowest BCUT2D eigenvalue weighted by Crippen LogP contribution is -2.31. The highest BCUT2D eigenvalue weighted by Gasteiger charge is 2.17. The van der Waals surface area contributed by atoms with Gasteiger partial charge in [0.1, 0.15) is 48.9 Å². The fourth-order valence-corrected chi connectivity index (χ4v) is 7.05. The molecule has 0 radical (unpaired) electrons. The van der Waals surface area contributed by atoms with Crippen molar-refractivity contribution in [1.82, 2.24) is 10.3 Å². The second kappa shape index (κ2) is 21.8. The molecule has 0 aliphatic rings. The molecule has 0 bridgehead atoms. The first-order valence-corrected chi connectivity index (χ1v) is 19.9. The third-order valence-corrected chi connectivity index (χ3v) is 10.2. The molecule has 0 fully saturated rings. The third-order valence-electron chi connectivity index (χ3n) is 9.90. The molecule has 0 unspecified atom stereocenters. The van der Waals surface area contributed by atoms with E-state index in [1.807, 2.05) is 36.4 Å². The molecule has 1 heterocycles. The van der Waals surface area contributed by atoms with Gasteiger partial charge in [-0.15, -0.1) is 0 Å². The van der Waals surface area contributed by atoms with Gasteiger partial charge < -0.3 is 34.8 Å². The van der Waals surface area contributed by atoms with Gasteiger partial charge >= 0.3 is 5.97 Å². The van der Waals surface area contributed by atoms with Gasteiger partial charge in [0.2, 0.25) is 0 Å². The minimum Gasteiger partial charge on any atom is -0.492 e. The molecule has 0 aliphatic carbocycles. The number of Topliss-reactive ketones (excluding diaryl/α,β-unsaturated/α-hetero) is 1. The maximum atomic E-state index is 11.2. The zero-order chi connectivity index (χ0) is 42.3. The Morgan fingerprint density at radius 3 is 2.27 bits per heavy atom. The Morgan fingerprint density at radius 2 is 1.54 bits per heavy atom. The number of aryl methyl sites for hydroxylation is 1. The van der Waals surface area contributed by atoms with Crippen LogP contribution in [-0.4, -0.2) is 64.0 Å². The van der Waals surface area contributed by atoms with E-state index in [4.69, 9.17) is 30.9 Å². The number of hydrogen-bond acceptors (Lipinski definition) is 10. The van der Waals surface area contributed by atoms with E-state index in [9.17, 15) is 25.1 Å². The summed E-state index contributed by atoms with van der Waals surface area (Å²) in [6.45, 7) is 7.34. The number of aliphatic hydroxyl groups excluding tert-OH is 2. The normalized spacial score (nSPS) is 12.0. The summed E-state index contributed by atoms with van der Waals surface area (Å²) in [7, 11) is 0. The van der Waals surface area contributed by atoms with Crippen LogP contribution in [0, 0.1) is 25.2 Å². The molecule has 5 rings (SSSR count). The number of ketones is 1. The Balaban J connectivity index is 1.28. The van der Waals surface area contributed by atoms with Crippen molar-refractivity contribution in [2.24, 2.45) is 0 Å². The highest BCUT2D eigenvalue weighted by atomic mass is 35.5. The molecule has 2 atom stereocenters. The van der Waals surface area contributed by atoms with Crippen LogP contribution in [0.1, 0.15) is 66.0 Å². The Bertz CT molecular complexity index is 2260. The largest absolute Gasteiger partial charge is 0.492 e. The highest BCUT2D eigenvalue weighted by molar-refractivity contribution is 6.32. The number of carbonyl (C=O) groups is 2. The van der Waals surface area contributed by atoms with Crippen molar-refractivity contribution < 1.29 is 39.1 Å². The van der Waals surface area contributed by atoms with E-state index in [-0.39, 0.29) is 31.8 Å². The molecule has 1 aromatic heterocycles. The molecule has 0 spiro atoms. The lowest BCUT2D eigenvalue weighted by molar-refractivity contribution is -0.139. The number of aliphatic hydroxyl groups is 2. The molecule has 4 aromatic carbocycles. The molecule has 11 nitrogen and oxygen atoms in total. The smallest absolute Gasteiger partial charge is 0.305 e. The lowest BCUT2D eigenvalue weighted by Gasteiger charge is -2.18. The monoisotopic (exact) mass is 819 g/mol. The number of aromatic nitrogens is 1. The number of carbonyl (C=O) groups excluding carboxylic acids is 1. The minimum absolute atomic E-state index is 0.0436. The Morgan fingerprint density at radius 1 is 0.831 bits per heavy atom. The summed E-state index contributed by atoms with van der Waals surface area (Å²) in [6.07, 6.45) is 2.55.